The van der Waals surface area contributed by atoms with E-state index in [9.17, 15) is 18.0 Å². The van der Waals surface area contributed by atoms with E-state index in [4.69, 9.17) is 21.1 Å². The number of benzene rings is 1. The van der Waals surface area contributed by atoms with Crippen molar-refractivity contribution in [2.75, 3.05) is 20.3 Å². The molecule has 8 heteroatoms. The second kappa shape index (κ2) is 7.93. The number of halogens is 4. The van der Waals surface area contributed by atoms with E-state index < -0.39 is 18.6 Å². The summed E-state index contributed by atoms with van der Waals surface area (Å²) in [4.78, 5) is 11.3. The third-order valence-electron chi connectivity index (χ3n) is 2.43. The van der Waals surface area contributed by atoms with E-state index in [0.717, 1.165) is 6.08 Å². The highest BCUT2D eigenvalue weighted by atomic mass is 35.5. The van der Waals surface area contributed by atoms with Crippen LogP contribution in [-0.2, 0) is 4.79 Å². The maximum atomic E-state index is 12.0. The minimum Gasteiger partial charge on any atom is -0.493 e. The maximum absolute atomic E-state index is 12.0. The Morgan fingerprint density at radius 2 is 2.09 bits per heavy atom. The minimum absolute atomic E-state index is 0.275. The summed E-state index contributed by atoms with van der Waals surface area (Å²) < 4.78 is 46.3. The average Bonchev–Trinajstić information content (AvgIpc) is 2.44. The molecule has 0 bridgehead atoms. The Bertz CT molecular complexity index is 559. The van der Waals surface area contributed by atoms with Crippen LogP contribution in [-0.4, -0.2) is 32.3 Å². The fourth-order valence-electron chi connectivity index (χ4n) is 1.54. The van der Waals surface area contributed by atoms with Gasteiger partial charge in [-0.05, 0) is 30.7 Å². The van der Waals surface area contributed by atoms with E-state index in [-0.39, 0.29) is 5.02 Å². The van der Waals surface area contributed by atoms with Gasteiger partial charge in [-0.3, -0.25) is 4.79 Å². The van der Waals surface area contributed by atoms with Gasteiger partial charge in [0.25, 0.3) is 0 Å². The molecule has 0 aliphatic rings. The van der Waals surface area contributed by atoms with Crippen LogP contribution in [0.1, 0.15) is 12.5 Å². The van der Waals surface area contributed by atoms with Gasteiger partial charge < -0.3 is 14.8 Å². The Morgan fingerprint density at radius 1 is 1.41 bits per heavy atom. The molecule has 0 atom stereocenters. The number of carbonyl (C=O) groups excluding carboxylic acids is 1. The fourth-order valence-corrected chi connectivity index (χ4v) is 1.81. The molecule has 0 aliphatic carbocycles. The van der Waals surface area contributed by atoms with E-state index in [1.54, 1.807) is 18.3 Å². The first kappa shape index (κ1) is 18.2. The molecule has 0 aromatic heterocycles. The third-order valence-corrected chi connectivity index (χ3v) is 2.71. The molecular weight excluding hydrogens is 323 g/mol. The molecular formula is C14H15ClF3NO3. The molecule has 1 aromatic carbocycles. The lowest BCUT2D eigenvalue weighted by Gasteiger charge is -2.12. The van der Waals surface area contributed by atoms with Gasteiger partial charge in [0.2, 0.25) is 5.91 Å². The Kier molecular flexibility index (Phi) is 6.55. The number of ether oxygens (including phenoxy) is 2. The van der Waals surface area contributed by atoms with Crippen molar-refractivity contribution >= 4 is 23.6 Å². The molecule has 0 radical (unpaired) electrons. The molecule has 0 fully saturated rings. The second-order valence-electron chi connectivity index (χ2n) is 4.13. The van der Waals surface area contributed by atoms with Gasteiger partial charge in [0, 0.05) is 6.08 Å². The zero-order valence-corrected chi connectivity index (χ0v) is 12.7. The molecule has 1 aromatic rings. The van der Waals surface area contributed by atoms with Crippen LogP contribution in [0, 0.1) is 0 Å². The summed E-state index contributed by atoms with van der Waals surface area (Å²) in [6.07, 6.45) is -2.14. The van der Waals surface area contributed by atoms with E-state index in [1.165, 1.54) is 19.3 Å². The monoisotopic (exact) mass is 337 g/mol. The van der Waals surface area contributed by atoms with Gasteiger partial charge in [-0.2, -0.15) is 13.2 Å². The first-order chi connectivity index (χ1) is 10.3. The van der Waals surface area contributed by atoms with Crippen LogP contribution in [0.4, 0.5) is 13.2 Å². The number of nitrogens with one attached hydrogen (secondary N) is 1. The Hall–Kier alpha value is -1.89. The standard InChI is InChI=1S/C14H15ClF3NO3/c1-3-22-13-10(15)6-9(7-11(13)21-2)4-5-12(20)19-8-14(16,17)18/h4-7H,3,8H2,1-2H3,(H,19,20). The van der Waals surface area contributed by atoms with Crippen molar-refractivity contribution in [3.63, 3.8) is 0 Å². The number of rotatable bonds is 6. The topological polar surface area (TPSA) is 47.6 Å². The molecule has 122 valence electrons. The van der Waals surface area contributed by atoms with Crippen LogP contribution in [0.5, 0.6) is 11.5 Å². The molecule has 4 nitrogen and oxygen atoms in total. The molecule has 0 aliphatic heterocycles. The van der Waals surface area contributed by atoms with Gasteiger partial charge in [0.1, 0.15) is 6.54 Å². The minimum atomic E-state index is -4.45. The van der Waals surface area contributed by atoms with Crippen molar-refractivity contribution in [3.05, 3.63) is 28.8 Å². The van der Waals surface area contributed by atoms with Gasteiger partial charge in [-0.25, -0.2) is 0 Å². The number of alkyl halides is 3. The largest absolute Gasteiger partial charge is 0.493 e. The highest BCUT2D eigenvalue weighted by Gasteiger charge is 2.27. The quantitative estimate of drug-likeness (QED) is 0.809. The molecule has 1 N–H and O–H groups in total. The van der Waals surface area contributed by atoms with Crippen LogP contribution < -0.4 is 14.8 Å². The Morgan fingerprint density at radius 3 is 2.64 bits per heavy atom. The zero-order valence-electron chi connectivity index (χ0n) is 12.0. The number of hydrogen-bond donors (Lipinski definition) is 1. The van der Waals surface area contributed by atoms with Gasteiger partial charge in [0.05, 0.1) is 18.7 Å². The lowest BCUT2D eigenvalue weighted by atomic mass is 10.2. The third kappa shape index (κ3) is 5.85. The van der Waals surface area contributed by atoms with E-state index >= 15 is 0 Å². The van der Waals surface area contributed by atoms with E-state index in [0.29, 0.717) is 23.7 Å². The van der Waals surface area contributed by atoms with Crippen LogP contribution >= 0.6 is 11.6 Å². The number of hydrogen-bond acceptors (Lipinski definition) is 3. The van der Waals surface area contributed by atoms with Crippen LogP contribution in [0.25, 0.3) is 6.08 Å². The molecule has 22 heavy (non-hydrogen) atoms. The van der Waals surface area contributed by atoms with Gasteiger partial charge >= 0.3 is 6.18 Å². The fraction of sp³-hybridized carbons (Fsp3) is 0.357. The molecule has 0 saturated heterocycles. The predicted molar refractivity (Wildman–Crippen MR) is 77.3 cm³/mol. The van der Waals surface area contributed by atoms with Crippen molar-refractivity contribution in [1.29, 1.82) is 0 Å². The summed E-state index contributed by atoms with van der Waals surface area (Å²) in [5, 5.41) is 2.00. The number of amides is 1. The van der Waals surface area contributed by atoms with Gasteiger partial charge in [0.15, 0.2) is 11.5 Å². The SMILES string of the molecule is CCOc1c(Cl)cc(C=CC(=O)NCC(F)(F)F)cc1OC. The van der Waals surface area contributed by atoms with Crippen LogP contribution in [0.2, 0.25) is 5.02 Å². The van der Waals surface area contributed by atoms with Crippen molar-refractivity contribution in [2.24, 2.45) is 0 Å². The highest BCUT2D eigenvalue weighted by molar-refractivity contribution is 6.32. The predicted octanol–water partition coefficient (Wildman–Crippen LogP) is 3.44. The Balaban J connectivity index is 2.83. The summed E-state index contributed by atoms with van der Waals surface area (Å²) >= 11 is 6.04. The van der Waals surface area contributed by atoms with E-state index in [2.05, 4.69) is 0 Å². The molecule has 0 saturated carbocycles. The first-order valence-electron chi connectivity index (χ1n) is 6.29. The normalized spacial score (nSPS) is 11.5. The molecule has 0 unspecified atom stereocenters. The number of methoxy groups -OCH3 is 1. The van der Waals surface area contributed by atoms with E-state index in [1.807, 2.05) is 0 Å². The zero-order chi connectivity index (χ0) is 16.8. The smallest absolute Gasteiger partial charge is 0.405 e. The van der Waals surface area contributed by atoms with Crippen LogP contribution in [0.15, 0.2) is 18.2 Å². The second-order valence-corrected chi connectivity index (χ2v) is 4.54. The summed E-state index contributed by atoms with van der Waals surface area (Å²) in [6.45, 7) is 0.795. The van der Waals surface area contributed by atoms with Crippen LogP contribution in [0.3, 0.4) is 0 Å². The van der Waals surface area contributed by atoms with Crippen molar-refractivity contribution < 1.29 is 27.4 Å². The van der Waals surface area contributed by atoms with Crippen molar-refractivity contribution in [2.45, 2.75) is 13.1 Å². The van der Waals surface area contributed by atoms with Crippen molar-refractivity contribution in [1.82, 2.24) is 5.32 Å². The molecule has 0 heterocycles. The Labute approximate surface area is 130 Å². The summed E-state index contributed by atoms with van der Waals surface area (Å²) in [6, 6.07) is 3.08. The lowest BCUT2D eigenvalue weighted by molar-refractivity contribution is -0.135. The maximum Gasteiger partial charge on any atom is 0.405 e. The van der Waals surface area contributed by atoms with Gasteiger partial charge in [-0.1, -0.05) is 11.6 Å². The molecule has 1 amide bonds. The average molecular weight is 338 g/mol. The number of carbonyl (C=O) groups is 1. The summed E-state index contributed by atoms with van der Waals surface area (Å²) in [5.41, 5.74) is 0.493. The summed E-state index contributed by atoms with van der Waals surface area (Å²) in [5.74, 6) is -0.128. The lowest BCUT2D eigenvalue weighted by Crippen LogP contribution is -2.32. The van der Waals surface area contributed by atoms with Crippen molar-refractivity contribution in [3.8, 4) is 11.5 Å². The first-order valence-corrected chi connectivity index (χ1v) is 6.67. The molecule has 1 rings (SSSR count). The van der Waals surface area contributed by atoms with Gasteiger partial charge in [-0.15, -0.1) is 0 Å². The summed E-state index contributed by atoms with van der Waals surface area (Å²) in [7, 11) is 1.43. The highest BCUT2D eigenvalue weighted by Crippen LogP contribution is 2.36. The molecule has 0 spiro atoms.